The molecule has 3 aromatic carbocycles. The van der Waals surface area contributed by atoms with Gasteiger partial charge >= 0.3 is 5.91 Å². The van der Waals surface area contributed by atoms with Crippen LogP contribution in [0.2, 0.25) is 10.0 Å². The SMILES string of the molecule is Cc1ccc(C2/C(=C(/O)c3ccc(Cl)cc3)C(=O)C(=O)N2c2nnc(SCc3ccc(Cl)cc3)s2)cc1. The average molecular weight is 569 g/mol. The predicted octanol–water partition coefficient (Wildman–Crippen LogP) is 7.07. The van der Waals surface area contributed by atoms with E-state index in [2.05, 4.69) is 10.2 Å². The van der Waals surface area contributed by atoms with E-state index in [0.29, 0.717) is 31.3 Å². The van der Waals surface area contributed by atoms with Crippen LogP contribution in [-0.4, -0.2) is 27.0 Å². The van der Waals surface area contributed by atoms with Gasteiger partial charge in [-0.25, -0.2) is 0 Å². The second kappa shape index (κ2) is 10.7. The molecule has 186 valence electrons. The van der Waals surface area contributed by atoms with Gasteiger partial charge in [-0.1, -0.05) is 88.3 Å². The number of hydrogen-bond acceptors (Lipinski definition) is 7. The number of aromatic nitrogens is 2. The lowest BCUT2D eigenvalue weighted by Crippen LogP contribution is -2.29. The van der Waals surface area contributed by atoms with Crippen molar-refractivity contribution in [2.45, 2.75) is 23.1 Å². The number of anilines is 1. The first kappa shape index (κ1) is 25.5. The highest BCUT2D eigenvalue weighted by Crippen LogP contribution is 2.44. The van der Waals surface area contributed by atoms with Crippen LogP contribution in [0.3, 0.4) is 0 Å². The van der Waals surface area contributed by atoms with Crippen molar-refractivity contribution in [3.05, 3.63) is 111 Å². The molecule has 1 fully saturated rings. The minimum Gasteiger partial charge on any atom is -0.507 e. The Hall–Kier alpha value is -3.17. The minimum absolute atomic E-state index is 0.0123. The number of rotatable bonds is 6. The third kappa shape index (κ3) is 5.29. The van der Waals surface area contributed by atoms with Gasteiger partial charge in [0.1, 0.15) is 5.76 Å². The van der Waals surface area contributed by atoms with Crippen molar-refractivity contribution in [1.82, 2.24) is 10.2 Å². The van der Waals surface area contributed by atoms with Crippen LogP contribution in [0, 0.1) is 6.92 Å². The molecule has 4 aromatic rings. The maximum atomic E-state index is 13.3. The molecule has 0 saturated carbocycles. The van der Waals surface area contributed by atoms with E-state index in [0.717, 1.165) is 11.1 Å². The van der Waals surface area contributed by atoms with Gasteiger partial charge in [0.15, 0.2) is 4.34 Å². The molecule has 0 bridgehead atoms. The molecular formula is C27H19Cl2N3O3S2. The van der Waals surface area contributed by atoms with E-state index in [-0.39, 0.29) is 16.5 Å². The van der Waals surface area contributed by atoms with Crippen LogP contribution in [0.15, 0.2) is 82.7 Å². The summed E-state index contributed by atoms with van der Waals surface area (Å²) in [5, 5.41) is 21.1. The lowest BCUT2D eigenvalue weighted by molar-refractivity contribution is -0.132. The maximum absolute atomic E-state index is 13.3. The van der Waals surface area contributed by atoms with Gasteiger partial charge in [-0.15, -0.1) is 10.2 Å². The van der Waals surface area contributed by atoms with Crippen molar-refractivity contribution < 1.29 is 14.7 Å². The number of aliphatic hydroxyl groups excluding tert-OH is 1. The molecule has 0 spiro atoms. The number of carbonyl (C=O) groups excluding carboxylic acids is 2. The zero-order valence-electron chi connectivity index (χ0n) is 19.4. The van der Waals surface area contributed by atoms with Crippen LogP contribution in [0.25, 0.3) is 5.76 Å². The molecule has 6 nitrogen and oxygen atoms in total. The number of aliphatic hydroxyl groups is 1. The lowest BCUT2D eigenvalue weighted by atomic mass is 9.95. The number of halogens is 2. The summed E-state index contributed by atoms with van der Waals surface area (Å²) in [4.78, 5) is 27.9. The van der Waals surface area contributed by atoms with E-state index in [9.17, 15) is 14.7 Å². The molecule has 0 radical (unpaired) electrons. The van der Waals surface area contributed by atoms with Gasteiger partial charge in [-0.05, 0) is 54.4 Å². The van der Waals surface area contributed by atoms with Crippen LogP contribution in [0.1, 0.15) is 28.3 Å². The molecule has 10 heteroatoms. The van der Waals surface area contributed by atoms with Crippen molar-refractivity contribution in [1.29, 1.82) is 0 Å². The molecule has 1 unspecified atom stereocenters. The van der Waals surface area contributed by atoms with Gasteiger partial charge in [0.25, 0.3) is 5.78 Å². The standard InChI is InChI=1S/C27H19Cl2N3O3S2/c1-15-2-6-17(7-3-15)22-21(23(33)18-8-12-20(29)13-9-18)24(34)25(35)32(22)26-30-31-27(37-26)36-14-16-4-10-19(28)11-5-16/h2-13,22,33H,14H2,1H3/b23-21-. The van der Waals surface area contributed by atoms with Crippen molar-refractivity contribution in [3.63, 3.8) is 0 Å². The van der Waals surface area contributed by atoms with Crippen LogP contribution < -0.4 is 4.90 Å². The van der Waals surface area contributed by atoms with E-state index < -0.39 is 17.7 Å². The Morgan fingerprint density at radius 3 is 2.22 bits per heavy atom. The maximum Gasteiger partial charge on any atom is 0.301 e. The van der Waals surface area contributed by atoms with E-state index in [4.69, 9.17) is 23.2 Å². The molecule has 5 rings (SSSR count). The van der Waals surface area contributed by atoms with Gasteiger partial charge in [0, 0.05) is 21.4 Å². The summed E-state index contributed by atoms with van der Waals surface area (Å²) in [6.07, 6.45) is 0. The Bertz CT molecular complexity index is 1500. The Labute approximate surface area is 231 Å². The van der Waals surface area contributed by atoms with Crippen molar-refractivity contribution >= 4 is 68.9 Å². The van der Waals surface area contributed by atoms with Crippen LogP contribution in [0.5, 0.6) is 0 Å². The third-order valence-corrected chi connectivity index (χ3v) is 8.46. The van der Waals surface area contributed by atoms with Gasteiger partial charge in [0.05, 0.1) is 11.6 Å². The molecule has 1 saturated heterocycles. The highest BCUT2D eigenvalue weighted by molar-refractivity contribution is 8.00. The summed E-state index contributed by atoms with van der Waals surface area (Å²) < 4.78 is 0.646. The summed E-state index contributed by atoms with van der Waals surface area (Å²) in [7, 11) is 0. The third-order valence-electron chi connectivity index (χ3n) is 5.83. The molecule has 1 aromatic heterocycles. The fraction of sp³-hybridized carbons (Fsp3) is 0.111. The Balaban J connectivity index is 1.53. The Kier molecular flexibility index (Phi) is 7.35. The first-order valence-corrected chi connectivity index (χ1v) is 13.7. The number of aryl methyl sites for hydroxylation is 1. The highest BCUT2D eigenvalue weighted by atomic mass is 35.5. The van der Waals surface area contributed by atoms with Crippen molar-refractivity contribution in [2.75, 3.05) is 4.90 Å². The van der Waals surface area contributed by atoms with E-state index in [1.54, 1.807) is 24.3 Å². The minimum atomic E-state index is -0.863. The smallest absolute Gasteiger partial charge is 0.301 e. The molecule has 1 aliphatic heterocycles. The summed E-state index contributed by atoms with van der Waals surface area (Å²) in [5.41, 5.74) is 3.13. The van der Waals surface area contributed by atoms with Gasteiger partial charge in [0.2, 0.25) is 5.13 Å². The number of carbonyl (C=O) groups is 2. The van der Waals surface area contributed by atoms with Crippen molar-refractivity contribution in [3.8, 4) is 0 Å². The van der Waals surface area contributed by atoms with Crippen LogP contribution in [0.4, 0.5) is 5.13 Å². The molecule has 1 atom stereocenters. The van der Waals surface area contributed by atoms with Crippen molar-refractivity contribution in [2.24, 2.45) is 0 Å². The van der Waals surface area contributed by atoms with Gasteiger partial charge < -0.3 is 5.11 Å². The monoisotopic (exact) mass is 567 g/mol. The number of Topliss-reactive ketones (excluding diaryl/α,β-unsaturated/α-hetero) is 1. The quantitative estimate of drug-likeness (QED) is 0.0881. The van der Waals surface area contributed by atoms with Crippen LogP contribution >= 0.6 is 46.3 Å². The summed E-state index contributed by atoms with van der Waals surface area (Å²) >= 11 is 14.6. The first-order chi connectivity index (χ1) is 17.8. The molecule has 1 amide bonds. The molecule has 1 aliphatic rings. The average Bonchev–Trinajstić information content (AvgIpc) is 3.46. The van der Waals surface area contributed by atoms with E-state index >= 15 is 0 Å². The Morgan fingerprint density at radius 1 is 0.946 bits per heavy atom. The number of hydrogen-bond donors (Lipinski definition) is 1. The number of thioether (sulfide) groups is 1. The predicted molar refractivity (Wildman–Crippen MR) is 148 cm³/mol. The molecule has 0 aliphatic carbocycles. The second-order valence-electron chi connectivity index (χ2n) is 8.35. The normalized spacial score (nSPS) is 16.9. The lowest BCUT2D eigenvalue weighted by Gasteiger charge is -2.22. The summed E-state index contributed by atoms with van der Waals surface area (Å²) in [6.45, 7) is 1.95. The second-order valence-corrected chi connectivity index (χ2v) is 11.4. The number of ketones is 1. The molecular weight excluding hydrogens is 549 g/mol. The number of amides is 1. The summed E-state index contributed by atoms with van der Waals surface area (Å²) in [5.74, 6) is -1.19. The molecule has 2 heterocycles. The fourth-order valence-electron chi connectivity index (χ4n) is 3.94. The van der Waals surface area contributed by atoms with Crippen LogP contribution in [-0.2, 0) is 15.3 Å². The van der Waals surface area contributed by atoms with E-state index in [1.165, 1.54) is 28.0 Å². The summed E-state index contributed by atoms with van der Waals surface area (Å²) in [6, 6.07) is 20.6. The molecule has 37 heavy (non-hydrogen) atoms. The van der Waals surface area contributed by atoms with E-state index in [1.807, 2.05) is 55.5 Å². The van der Waals surface area contributed by atoms with Gasteiger partial charge in [-0.2, -0.15) is 0 Å². The topological polar surface area (TPSA) is 83.4 Å². The Morgan fingerprint density at radius 2 is 1.57 bits per heavy atom. The zero-order chi connectivity index (χ0) is 26.1. The molecule has 1 N–H and O–H groups in total. The zero-order valence-corrected chi connectivity index (χ0v) is 22.5. The highest BCUT2D eigenvalue weighted by Gasteiger charge is 2.48. The van der Waals surface area contributed by atoms with Gasteiger partial charge in [-0.3, -0.25) is 14.5 Å². The number of benzene rings is 3. The fourth-order valence-corrected chi connectivity index (χ4v) is 6.02. The largest absolute Gasteiger partial charge is 0.507 e. The first-order valence-electron chi connectivity index (χ1n) is 11.2. The number of nitrogens with zero attached hydrogens (tertiary/aromatic N) is 3.